The molecule has 19 atom stereocenters. The van der Waals surface area contributed by atoms with Crippen LogP contribution in [0.2, 0.25) is 0 Å². The number of nitrogens with zero attached hydrogens (tertiary/aromatic N) is 2. The van der Waals surface area contributed by atoms with Crippen molar-refractivity contribution in [2.45, 2.75) is 197 Å². The number of cyclic esters (lactones) is 2. The Kier molecular flexibility index (Phi) is 17.4. The van der Waals surface area contributed by atoms with Crippen LogP contribution in [0.3, 0.4) is 0 Å². The molecule has 6 N–H and O–H groups in total. The predicted molar refractivity (Wildman–Crippen MR) is 227 cm³/mol. The second-order valence-electron chi connectivity index (χ2n) is 20.0. The molecule has 0 bridgehead atoms. The Labute approximate surface area is 381 Å². The standard InChI is InChI=1S/C44H77F3N4O14/c1-13-30-42(10,56)34(52)27(6)49-21-23(2)19-40(8,55)35(65-37-33-29(18-24(3)60-37)50(11)38(64-33)44(45,46)47)25(4)32(26(5)36(53)62-30)63-31-20-41(9,58-12)43(57,28(7)61-31)22-48-14-15-51-16-17-59-39(51)54/h23-35,37-38,48-49,52,55-57H,13-22H2,1-12H3/t23-,24-,25+,26-,27-,28+,29+,30-,31+,32+,33-,34-,35-,37+,38?,40-,41-,42-,43+/m1/s1. The van der Waals surface area contributed by atoms with Gasteiger partial charge in [0.1, 0.15) is 41.7 Å². The minimum Gasteiger partial charge on any atom is -0.459 e. The van der Waals surface area contributed by atoms with Crippen LogP contribution in [0.1, 0.15) is 94.9 Å². The highest BCUT2D eigenvalue weighted by Gasteiger charge is 2.61. The van der Waals surface area contributed by atoms with Crippen LogP contribution in [0.15, 0.2) is 0 Å². The molecule has 0 spiro atoms. The van der Waals surface area contributed by atoms with E-state index < -0.39 is 126 Å². The highest BCUT2D eigenvalue weighted by Crippen LogP contribution is 2.45. The number of aliphatic hydroxyl groups is 4. The van der Waals surface area contributed by atoms with Gasteiger partial charge in [-0.2, -0.15) is 13.2 Å². The molecule has 1 amide bonds. The largest absolute Gasteiger partial charge is 0.459 e. The molecule has 378 valence electrons. The molecule has 5 saturated heterocycles. The van der Waals surface area contributed by atoms with Crippen LogP contribution >= 0.6 is 0 Å². The fraction of sp³-hybridized carbons (Fsp3) is 0.955. The molecular formula is C44H77F3N4O14. The molecular weight excluding hydrogens is 865 g/mol. The number of likely N-dealkylation sites (N-methyl/N-ethyl adjacent to an activating group) is 1. The average Bonchev–Trinajstić information content (AvgIpc) is 3.80. The molecule has 5 heterocycles. The van der Waals surface area contributed by atoms with Crippen molar-refractivity contribution in [2.24, 2.45) is 17.8 Å². The number of hydrogen-bond donors (Lipinski definition) is 6. The number of alkyl halides is 3. The normalized spacial score (nSPS) is 46.6. The highest BCUT2D eigenvalue weighted by atomic mass is 19.4. The molecule has 0 aromatic carbocycles. The summed E-state index contributed by atoms with van der Waals surface area (Å²) in [6, 6.07) is -1.44. The number of esters is 1. The molecule has 0 aliphatic carbocycles. The summed E-state index contributed by atoms with van der Waals surface area (Å²) in [6.45, 7) is 18.2. The highest BCUT2D eigenvalue weighted by molar-refractivity contribution is 5.73. The molecule has 18 nitrogen and oxygen atoms in total. The predicted octanol–water partition coefficient (Wildman–Crippen LogP) is 2.27. The molecule has 5 aliphatic rings. The van der Waals surface area contributed by atoms with Gasteiger partial charge >= 0.3 is 18.2 Å². The first-order valence-electron chi connectivity index (χ1n) is 23.1. The van der Waals surface area contributed by atoms with E-state index in [1.54, 1.807) is 60.3 Å². The van der Waals surface area contributed by atoms with E-state index in [1.807, 2.05) is 6.92 Å². The maximum atomic E-state index is 14.5. The van der Waals surface area contributed by atoms with Crippen molar-refractivity contribution < 1.29 is 81.1 Å². The molecule has 1 unspecified atom stereocenters. The zero-order valence-corrected chi connectivity index (χ0v) is 40.1. The number of amides is 1. The van der Waals surface area contributed by atoms with Gasteiger partial charge in [-0.1, -0.05) is 20.8 Å². The molecule has 65 heavy (non-hydrogen) atoms. The summed E-state index contributed by atoms with van der Waals surface area (Å²) in [5.74, 6) is -3.30. The van der Waals surface area contributed by atoms with E-state index in [2.05, 4.69) is 10.6 Å². The summed E-state index contributed by atoms with van der Waals surface area (Å²) >= 11 is 0. The third-order valence-corrected chi connectivity index (χ3v) is 14.8. The van der Waals surface area contributed by atoms with Gasteiger partial charge < -0.3 is 73.9 Å². The lowest BCUT2D eigenvalue weighted by atomic mass is 9.75. The Balaban J connectivity index is 1.52. The molecule has 5 aliphatic heterocycles. The number of methoxy groups -OCH3 is 1. The number of carbonyl (C=O) groups excluding carboxylic acids is 2. The third-order valence-electron chi connectivity index (χ3n) is 14.8. The summed E-state index contributed by atoms with van der Waals surface area (Å²) in [5, 5.41) is 54.5. The van der Waals surface area contributed by atoms with Gasteiger partial charge in [-0.05, 0) is 87.2 Å². The SMILES string of the molecule is CC[C@H]1OC(=O)[C@H](C)[C@@H](O[C@H]2C[C@@](C)(OC)[C@](O)(CNCCN3CCOC3=O)[C@H](C)O2)[C@H](C)[C@@H](O[C@@H]2O[C@H](C)C[C@H]3[C@H]2OC(C(F)(F)F)N3C)[C@](C)(O)C[C@@H](C)CN[C@H](C)[C@@H](O)[C@]1(C)O. The molecule has 5 fully saturated rings. The quantitative estimate of drug-likeness (QED) is 0.129. The van der Waals surface area contributed by atoms with Gasteiger partial charge in [0.2, 0.25) is 6.23 Å². The van der Waals surface area contributed by atoms with Crippen LogP contribution < -0.4 is 10.6 Å². The van der Waals surface area contributed by atoms with Gasteiger partial charge in [0.15, 0.2) is 12.6 Å². The Hall–Kier alpha value is -1.99. The van der Waals surface area contributed by atoms with Crippen molar-refractivity contribution in [2.75, 3.05) is 53.5 Å². The number of aliphatic hydroxyl groups excluding tert-OH is 1. The molecule has 0 radical (unpaired) electrons. The lowest BCUT2D eigenvalue weighted by Gasteiger charge is -2.53. The smallest absolute Gasteiger partial charge is 0.428 e. The van der Waals surface area contributed by atoms with E-state index >= 15 is 0 Å². The Morgan fingerprint density at radius 3 is 2.26 bits per heavy atom. The van der Waals surface area contributed by atoms with Crippen molar-refractivity contribution in [3.8, 4) is 0 Å². The van der Waals surface area contributed by atoms with Gasteiger partial charge in [0, 0.05) is 51.2 Å². The second-order valence-corrected chi connectivity index (χ2v) is 20.0. The average molecular weight is 943 g/mol. The summed E-state index contributed by atoms with van der Waals surface area (Å²) < 4.78 is 91.7. The first-order chi connectivity index (χ1) is 30.1. The number of rotatable bonds is 11. The lowest BCUT2D eigenvalue weighted by Crippen LogP contribution is -2.70. The topological polar surface area (TPSA) is 219 Å². The number of fused-ring (bicyclic) bond motifs is 1. The van der Waals surface area contributed by atoms with E-state index in [9.17, 15) is 43.2 Å². The minimum atomic E-state index is -4.72. The number of ether oxygens (including phenoxy) is 8. The fourth-order valence-electron chi connectivity index (χ4n) is 10.6. The van der Waals surface area contributed by atoms with Crippen molar-refractivity contribution >= 4 is 12.1 Å². The van der Waals surface area contributed by atoms with Crippen LogP contribution in [0.25, 0.3) is 0 Å². The van der Waals surface area contributed by atoms with Gasteiger partial charge in [-0.15, -0.1) is 0 Å². The zero-order chi connectivity index (χ0) is 48.6. The number of hydrogen-bond acceptors (Lipinski definition) is 17. The lowest BCUT2D eigenvalue weighted by molar-refractivity contribution is -0.336. The molecule has 0 aromatic heterocycles. The summed E-state index contributed by atoms with van der Waals surface area (Å²) in [7, 11) is 2.79. The van der Waals surface area contributed by atoms with Crippen LogP contribution in [-0.4, -0.2) is 198 Å². The van der Waals surface area contributed by atoms with Crippen molar-refractivity contribution in [3.05, 3.63) is 0 Å². The second kappa shape index (κ2) is 20.9. The number of halogens is 3. The summed E-state index contributed by atoms with van der Waals surface area (Å²) in [4.78, 5) is 29.1. The Morgan fingerprint density at radius 1 is 0.985 bits per heavy atom. The van der Waals surface area contributed by atoms with Gasteiger partial charge in [-0.3, -0.25) is 9.69 Å². The van der Waals surface area contributed by atoms with E-state index in [0.29, 0.717) is 26.2 Å². The molecule has 0 saturated carbocycles. The maximum Gasteiger partial charge on any atom is 0.428 e. The van der Waals surface area contributed by atoms with E-state index in [1.165, 1.54) is 21.1 Å². The summed E-state index contributed by atoms with van der Waals surface area (Å²) in [6.07, 6.45) is -17.4. The van der Waals surface area contributed by atoms with Crippen molar-refractivity contribution in [1.82, 2.24) is 20.4 Å². The monoisotopic (exact) mass is 943 g/mol. The number of carbonyl (C=O) groups is 2. The summed E-state index contributed by atoms with van der Waals surface area (Å²) in [5.41, 5.74) is -6.66. The molecule has 21 heteroatoms. The van der Waals surface area contributed by atoms with E-state index in [4.69, 9.17) is 37.9 Å². The number of nitrogens with one attached hydrogen (secondary N) is 2. The first-order valence-corrected chi connectivity index (χ1v) is 23.1. The third kappa shape index (κ3) is 11.6. The van der Waals surface area contributed by atoms with E-state index in [-0.39, 0.29) is 44.7 Å². The zero-order valence-electron chi connectivity index (χ0n) is 40.1. The van der Waals surface area contributed by atoms with Gasteiger partial charge in [0.25, 0.3) is 0 Å². The minimum absolute atomic E-state index is 0.000271. The van der Waals surface area contributed by atoms with Crippen LogP contribution in [-0.2, 0) is 42.7 Å². The maximum absolute atomic E-state index is 14.5. The van der Waals surface area contributed by atoms with Crippen LogP contribution in [0.4, 0.5) is 18.0 Å². The Morgan fingerprint density at radius 2 is 1.66 bits per heavy atom. The molecule has 0 aromatic rings. The Bertz CT molecular complexity index is 1600. The van der Waals surface area contributed by atoms with E-state index in [0.717, 1.165) is 4.90 Å². The van der Waals surface area contributed by atoms with Crippen molar-refractivity contribution in [3.63, 3.8) is 0 Å². The van der Waals surface area contributed by atoms with Gasteiger partial charge in [0.05, 0.1) is 42.5 Å². The fourth-order valence-corrected chi connectivity index (χ4v) is 10.6. The molecule has 5 rings (SSSR count). The van der Waals surface area contributed by atoms with Crippen LogP contribution in [0.5, 0.6) is 0 Å². The van der Waals surface area contributed by atoms with Crippen molar-refractivity contribution in [1.29, 1.82) is 0 Å². The first kappa shape index (κ1) is 54.0. The van der Waals surface area contributed by atoms with Gasteiger partial charge in [-0.25, -0.2) is 4.79 Å². The van der Waals surface area contributed by atoms with Crippen LogP contribution in [0, 0.1) is 17.8 Å².